The molecule has 6 heteroatoms. The van der Waals surface area contributed by atoms with E-state index in [2.05, 4.69) is 13.8 Å². The van der Waals surface area contributed by atoms with Gasteiger partial charge in [-0.15, -0.1) is 0 Å². The predicted molar refractivity (Wildman–Crippen MR) is 80.3 cm³/mol. The molecule has 1 aliphatic carbocycles. The van der Waals surface area contributed by atoms with Crippen molar-refractivity contribution >= 4 is 10.0 Å². The molecular formula is C15H24N2O3S. The molecule has 0 spiro atoms. The first-order valence-corrected chi connectivity index (χ1v) is 9.17. The monoisotopic (exact) mass is 312 g/mol. The van der Waals surface area contributed by atoms with E-state index < -0.39 is 10.0 Å². The maximum absolute atomic E-state index is 12.8. The Bertz CT molecular complexity index is 609. The van der Waals surface area contributed by atoms with Crippen molar-refractivity contribution in [2.24, 2.45) is 11.8 Å². The molecule has 21 heavy (non-hydrogen) atoms. The lowest BCUT2D eigenvalue weighted by Crippen LogP contribution is -2.42. The van der Waals surface area contributed by atoms with Crippen LogP contribution in [-0.4, -0.2) is 35.5 Å². The van der Waals surface area contributed by atoms with E-state index in [1.54, 1.807) is 16.6 Å². The second-order valence-electron chi connectivity index (χ2n) is 6.73. The first-order chi connectivity index (χ1) is 9.91. The smallest absolute Gasteiger partial charge is 0.244 e. The Labute approximate surface area is 126 Å². The van der Waals surface area contributed by atoms with Crippen LogP contribution in [0.4, 0.5) is 0 Å². The minimum Gasteiger partial charge on any atom is -0.390 e. The van der Waals surface area contributed by atoms with Crippen molar-refractivity contribution in [3.8, 4) is 0 Å². The minimum atomic E-state index is -3.44. The van der Waals surface area contributed by atoms with Crippen molar-refractivity contribution in [2.45, 2.75) is 50.7 Å². The summed E-state index contributed by atoms with van der Waals surface area (Å²) in [5.74, 6) is 0.790. The average molecular weight is 312 g/mol. The summed E-state index contributed by atoms with van der Waals surface area (Å²) in [7, 11) is -3.44. The molecule has 0 bridgehead atoms. The van der Waals surface area contributed by atoms with Crippen LogP contribution in [0.3, 0.4) is 0 Å². The van der Waals surface area contributed by atoms with Crippen LogP contribution in [0.2, 0.25) is 0 Å². The lowest BCUT2D eigenvalue weighted by Gasteiger charge is -2.33. The molecule has 2 heterocycles. The van der Waals surface area contributed by atoms with Gasteiger partial charge in [-0.2, -0.15) is 4.31 Å². The molecule has 1 aromatic heterocycles. The van der Waals surface area contributed by atoms with E-state index >= 15 is 0 Å². The Balaban J connectivity index is 1.90. The largest absolute Gasteiger partial charge is 0.390 e. The average Bonchev–Trinajstić information content (AvgIpc) is 3.16. The third-order valence-corrected chi connectivity index (χ3v) is 6.28. The number of hydrogen-bond donors (Lipinski definition) is 1. The van der Waals surface area contributed by atoms with Crippen LogP contribution in [0.15, 0.2) is 17.2 Å². The Morgan fingerprint density at radius 2 is 1.86 bits per heavy atom. The fraction of sp³-hybridized carbons (Fsp3) is 0.733. The van der Waals surface area contributed by atoms with Gasteiger partial charge in [0.25, 0.3) is 0 Å². The van der Waals surface area contributed by atoms with E-state index in [4.69, 9.17) is 0 Å². The second kappa shape index (κ2) is 5.41. The number of aromatic nitrogens is 1. The van der Waals surface area contributed by atoms with Crippen LogP contribution >= 0.6 is 0 Å². The Morgan fingerprint density at radius 1 is 1.24 bits per heavy atom. The van der Waals surface area contributed by atoms with E-state index in [0.29, 0.717) is 41.6 Å². The third-order valence-electron chi connectivity index (χ3n) is 4.48. The predicted octanol–water partition coefficient (Wildman–Crippen LogP) is 1.98. The van der Waals surface area contributed by atoms with Crippen LogP contribution in [-0.2, 0) is 16.6 Å². The summed E-state index contributed by atoms with van der Waals surface area (Å²) >= 11 is 0. The summed E-state index contributed by atoms with van der Waals surface area (Å²) in [4.78, 5) is 0.333. The van der Waals surface area contributed by atoms with E-state index in [-0.39, 0.29) is 6.61 Å². The normalized spacial score (nSPS) is 28.0. The molecule has 2 fully saturated rings. The van der Waals surface area contributed by atoms with Gasteiger partial charge in [0.05, 0.1) is 6.61 Å². The SMILES string of the molecule is CC1CC(C)CN(S(=O)(=O)c2cc(CO)n(C3CC3)c2)C1. The summed E-state index contributed by atoms with van der Waals surface area (Å²) in [6.45, 7) is 5.28. The summed E-state index contributed by atoms with van der Waals surface area (Å²) in [5, 5.41) is 9.44. The summed E-state index contributed by atoms with van der Waals surface area (Å²) in [5.41, 5.74) is 0.703. The first kappa shape index (κ1) is 15.1. The molecule has 2 atom stereocenters. The number of sulfonamides is 1. The molecule has 1 saturated heterocycles. The molecule has 1 aliphatic heterocycles. The molecule has 1 N–H and O–H groups in total. The van der Waals surface area contributed by atoms with Gasteiger partial charge in [-0.25, -0.2) is 8.42 Å². The van der Waals surface area contributed by atoms with Gasteiger partial charge in [0.2, 0.25) is 10.0 Å². The van der Waals surface area contributed by atoms with Crippen LogP contribution in [0.25, 0.3) is 0 Å². The van der Waals surface area contributed by atoms with Crippen molar-refractivity contribution in [3.63, 3.8) is 0 Å². The quantitative estimate of drug-likeness (QED) is 0.925. The summed E-state index contributed by atoms with van der Waals surface area (Å²) in [6, 6.07) is 2.01. The number of rotatable bonds is 4. The Hall–Kier alpha value is -0.850. The standard InChI is InChI=1S/C15H24N2O3S/c1-11-5-12(2)8-16(7-11)21(19,20)15-6-14(10-18)17(9-15)13-3-4-13/h6,9,11-13,18H,3-5,7-8,10H2,1-2H3. The molecule has 1 aromatic rings. The van der Waals surface area contributed by atoms with Crippen molar-refractivity contribution < 1.29 is 13.5 Å². The molecule has 2 aliphatic rings. The first-order valence-electron chi connectivity index (χ1n) is 7.73. The highest BCUT2D eigenvalue weighted by Crippen LogP contribution is 2.38. The van der Waals surface area contributed by atoms with Crippen molar-refractivity contribution in [1.29, 1.82) is 0 Å². The molecular weight excluding hydrogens is 288 g/mol. The second-order valence-corrected chi connectivity index (χ2v) is 8.67. The Kier molecular flexibility index (Phi) is 3.88. The van der Waals surface area contributed by atoms with Crippen LogP contribution in [0, 0.1) is 11.8 Å². The van der Waals surface area contributed by atoms with Crippen molar-refractivity contribution in [2.75, 3.05) is 13.1 Å². The zero-order chi connectivity index (χ0) is 15.2. The van der Waals surface area contributed by atoms with Gasteiger partial charge < -0.3 is 9.67 Å². The van der Waals surface area contributed by atoms with Gasteiger partial charge in [-0.3, -0.25) is 0 Å². The third kappa shape index (κ3) is 2.89. The van der Waals surface area contributed by atoms with Gasteiger partial charge in [0.1, 0.15) is 4.90 Å². The van der Waals surface area contributed by atoms with Gasteiger partial charge in [-0.05, 0) is 37.2 Å². The van der Waals surface area contributed by atoms with E-state index in [9.17, 15) is 13.5 Å². The zero-order valence-electron chi connectivity index (χ0n) is 12.7. The number of nitrogens with zero attached hydrogens (tertiary/aromatic N) is 2. The van der Waals surface area contributed by atoms with Crippen LogP contribution in [0.5, 0.6) is 0 Å². The lowest BCUT2D eigenvalue weighted by molar-refractivity contribution is 0.222. The molecule has 0 amide bonds. The number of piperidine rings is 1. The molecule has 3 rings (SSSR count). The molecule has 0 aromatic carbocycles. The zero-order valence-corrected chi connectivity index (χ0v) is 13.5. The van der Waals surface area contributed by atoms with Gasteiger partial charge in [0, 0.05) is 31.0 Å². The number of aliphatic hydroxyl groups is 1. The van der Waals surface area contributed by atoms with E-state index in [1.807, 2.05) is 4.57 Å². The lowest BCUT2D eigenvalue weighted by atomic mass is 9.94. The highest BCUT2D eigenvalue weighted by Gasteiger charge is 2.34. The van der Waals surface area contributed by atoms with Crippen molar-refractivity contribution in [3.05, 3.63) is 18.0 Å². The fourth-order valence-corrected chi connectivity index (χ4v) is 5.14. The molecule has 2 unspecified atom stereocenters. The summed E-state index contributed by atoms with van der Waals surface area (Å²) < 4.78 is 29.2. The molecule has 118 valence electrons. The van der Waals surface area contributed by atoms with E-state index in [0.717, 1.165) is 19.3 Å². The highest BCUT2D eigenvalue weighted by atomic mass is 32.2. The maximum atomic E-state index is 12.8. The fourth-order valence-electron chi connectivity index (χ4n) is 3.41. The van der Waals surface area contributed by atoms with Crippen molar-refractivity contribution in [1.82, 2.24) is 8.87 Å². The van der Waals surface area contributed by atoms with Crippen LogP contribution < -0.4 is 0 Å². The van der Waals surface area contributed by atoms with Gasteiger partial charge in [-0.1, -0.05) is 13.8 Å². The number of aliphatic hydroxyl groups excluding tert-OH is 1. The topological polar surface area (TPSA) is 62.5 Å². The molecule has 5 nitrogen and oxygen atoms in total. The molecule has 0 radical (unpaired) electrons. The summed E-state index contributed by atoms with van der Waals surface area (Å²) in [6.07, 6.45) is 4.93. The number of hydrogen-bond acceptors (Lipinski definition) is 3. The van der Waals surface area contributed by atoms with Crippen LogP contribution in [0.1, 0.15) is 44.8 Å². The molecule has 1 saturated carbocycles. The van der Waals surface area contributed by atoms with Gasteiger partial charge in [0.15, 0.2) is 0 Å². The Morgan fingerprint density at radius 3 is 2.38 bits per heavy atom. The minimum absolute atomic E-state index is 0.112. The highest BCUT2D eigenvalue weighted by molar-refractivity contribution is 7.89. The van der Waals surface area contributed by atoms with E-state index in [1.165, 1.54) is 0 Å². The maximum Gasteiger partial charge on any atom is 0.244 e. The van der Waals surface area contributed by atoms with Gasteiger partial charge >= 0.3 is 0 Å².